The van der Waals surface area contributed by atoms with Crippen LogP contribution >= 0.6 is 15.9 Å². The zero-order valence-electron chi connectivity index (χ0n) is 9.56. The molecule has 0 heterocycles. The summed E-state index contributed by atoms with van der Waals surface area (Å²) < 4.78 is 14.2. The van der Waals surface area contributed by atoms with E-state index in [2.05, 4.69) is 21.2 Å². The molecule has 16 heavy (non-hydrogen) atoms. The van der Waals surface area contributed by atoms with Crippen molar-refractivity contribution in [1.29, 1.82) is 0 Å². The van der Waals surface area contributed by atoms with Crippen LogP contribution in [0.5, 0.6) is 0 Å². The molecule has 0 aliphatic rings. The van der Waals surface area contributed by atoms with Crippen molar-refractivity contribution >= 4 is 15.9 Å². The lowest BCUT2D eigenvalue weighted by atomic mass is 10.0. The minimum Gasteiger partial charge on any atom is -0.396 e. The Balaban J connectivity index is 2.61. The Kier molecular flexibility index (Phi) is 4.89. The number of aliphatic hydroxyl groups is 1. The maximum atomic E-state index is 13.5. The molecule has 1 aromatic carbocycles. The first kappa shape index (κ1) is 13.6. The van der Waals surface area contributed by atoms with E-state index in [9.17, 15) is 4.39 Å². The molecule has 0 bridgehead atoms. The van der Waals surface area contributed by atoms with Gasteiger partial charge in [0, 0.05) is 28.7 Å². The zero-order valence-corrected chi connectivity index (χ0v) is 11.1. The smallest absolute Gasteiger partial charge is 0.128 e. The van der Waals surface area contributed by atoms with Gasteiger partial charge >= 0.3 is 0 Å². The highest BCUT2D eigenvalue weighted by Gasteiger charge is 2.16. The number of rotatable bonds is 5. The number of benzene rings is 1. The van der Waals surface area contributed by atoms with Crippen LogP contribution in [0.2, 0.25) is 0 Å². The van der Waals surface area contributed by atoms with Gasteiger partial charge in [0.1, 0.15) is 5.82 Å². The third-order valence-corrected chi connectivity index (χ3v) is 3.00. The molecule has 1 aromatic rings. The quantitative estimate of drug-likeness (QED) is 0.874. The molecule has 0 amide bonds. The van der Waals surface area contributed by atoms with Crippen molar-refractivity contribution in [3.63, 3.8) is 0 Å². The molecule has 0 spiro atoms. The van der Waals surface area contributed by atoms with Crippen LogP contribution in [0, 0.1) is 5.82 Å². The standard InChI is InChI=1S/C12H17BrFNO/c1-12(2,5-6-16)15-8-9-3-4-10(13)7-11(9)14/h3-4,7,15-16H,5-6,8H2,1-2H3. The summed E-state index contributed by atoms with van der Waals surface area (Å²) in [6, 6.07) is 5.02. The van der Waals surface area contributed by atoms with Gasteiger partial charge in [0.25, 0.3) is 0 Å². The van der Waals surface area contributed by atoms with Crippen molar-refractivity contribution in [2.75, 3.05) is 6.61 Å². The van der Waals surface area contributed by atoms with E-state index in [1.54, 1.807) is 6.07 Å². The summed E-state index contributed by atoms with van der Waals surface area (Å²) in [7, 11) is 0. The van der Waals surface area contributed by atoms with Crippen molar-refractivity contribution in [2.24, 2.45) is 0 Å². The Morgan fingerprint density at radius 3 is 2.69 bits per heavy atom. The largest absolute Gasteiger partial charge is 0.396 e. The minimum atomic E-state index is -0.221. The maximum Gasteiger partial charge on any atom is 0.128 e. The first-order chi connectivity index (χ1) is 7.44. The van der Waals surface area contributed by atoms with E-state index >= 15 is 0 Å². The summed E-state index contributed by atoms with van der Waals surface area (Å²) in [5.41, 5.74) is 0.447. The fourth-order valence-corrected chi connectivity index (χ4v) is 1.70. The van der Waals surface area contributed by atoms with E-state index in [4.69, 9.17) is 5.11 Å². The molecule has 0 radical (unpaired) electrons. The van der Waals surface area contributed by atoms with Gasteiger partial charge in [0.2, 0.25) is 0 Å². The summed E-state index contributed by atoms with van der Waals surface area (Å²) >= 11 is 3.22. The molecule has 2 nitrogen and oxygen atoms in total. The van der Waals surface area contributed by atoms with Gasteiger partial charge in [-0.2, -0.15) is 0 Å². The molecular formula is C12H17BrFNO. The normalized spacial score (nSPS) is 11.8. The number of hydrogen-bond donors (Lipinski definition) is 2. The van der Waals surface area contributed by atoms with Crippen LogP contribution < -0.4 is 5.32 Å². The highest BCUT2D eigenvalue weighted by molar-refractivity contribution is 9.10. The van der Waals surface area contributed by atoms with Gasteiger partial charge in [-0.25, -0.2) is 4.39 Å². The summed E-state index contributed by atoms with van der Waals surface area (Å²) in [4.78, 5) is 0. The van der Waals surface area contributed by atoms with Crippen molar-refractivity contribution in [3.8, 4) is 0 Å². The molecule has 0 saturated heterocycles. The number of nitrogens with one attached hydrogen (secondary N) is 1. The molecule has 0 aromatic heterocycles. The van der Waals surface area contributed by atoms with E-state index in [-0.39, 0.29) is 18.0 Å². The van der Waals surface area contributed by atoms with Crippen molar-refractivity contribution < 1.29 is 9.50 Å². The SMILES string of the molecule is CC(C)(CCO)NCc1ccc(Br)cc1F. The predicted octanol–water partition coefficient (Wildman–Crippen LogP) is 2.84. The van der Waals surface area contributed by atoms with E-state index in [0.717, 1.165) is 4.47 Å². The molecular weight excluding hydrogens is 273 g/mol. The van der Waals surface area contributed by atoms with Gasteiger partial charge in [-0.1, -0.05) is 22.0 Å². The number of halogens is 2. The summed E-state index contributed by atoms with van der Waals surface area (Å²) in [6.45, 7) is 4.56. The van der Waals surface area contributed by atoms with Crippen LogP contribution in [0.25, 0.3) is 0 Å². The number of aliphatic hydroxyl groups excluding tert-OH is 1. The molecule has 0 fully saturated rings. The zero-order chi connectivity index (χ0) is 12.2. The van der Waals surface area contributed by atoms with E-state index in [1.165, 1.54) is 6.07 Å². The Morgan fingerprint density at radius 1 is 1.44 bits per heavy atom. The van der Waals surface area contributed by atoms with Gasteiger partial charge in [-0.15, -0.1) is 0 Å². The van der Waals surface area contributed by atoms with Gasteiger partial charge in [-0.3, -0.25) is 0 Å². The molecule has 0 atom stereocenters. The monoisotopic (exact) mass is 289 g/mol. The molecule has 4 heteroatoms. The molecule has 2 N–H and O–H groups in total. The molecule has 0 aliphatic heterocycles. The molecule has 1 rings (SSSR count). The van der Waals surface area contributed by atoms with Gasteiger partial charge in [0.05, 0.1) is 0 Å². The van der Waals surface area contributed by atoms with Crippen LogP contribution in [-0.2, 0) is 6.54 Å². The Hall–Kier alpha value is -0.450. The van der Waals surface area contributed by atoms with Crippen LogP contribution in [0.4, 0.5) is 4.39 Å². The Morgan fingerprint density at radius 2 is 2.12 bits per heavy atom. The van der Waals surface area contributed by atoms with Crippen LogP contribution in [-0.4, -0.2) is 17.3 Å². The average Bonchev–Trinajstić information content (AvgIpc) is 2.16. The van der Waals surface area contributed by atoms with Crippen molar-refractivity contribution in [1.82, 2.24) is 5.32 Å². The fraction of sp³-hybridized carbons (Fsp3) is 0.500. The van der Waals surface area contributed by atoms with Crippen LogP contribution in [0.1, 0.15) is 25.8 Å². The first-order valence-corrected chi connectivity index (χ1v) is 6.04. The van der Waals surface area contributed by atoms with Gasteiger partial charge < -0.3 is 10.4 Å². The highest BCUT2D eigenvalue weighted by atomic mass is 79.9. The molecule has 0 saturated carbocycles. The Labute approximate surface area is 104 Å². The summed E-state index contributed by atoms with van der Waals surface area (Å²) in [5.74, 6) is -0.221. The third-order valence-electron chi connectivity index (χ3n) is 2.51. The molecule has 90 valence electrons. The molecule has 0 aliphatic carbocycles. The van der Waals surface area contributed by atoms with E-state index in [0.29, 0.717) is 18.5 Å². The average molecular weight is 290 g/mol. The second-order valence-electron chi connectivity index (χ2n) is 4.45. The summed E-state index contributed by atoms with van der Waals surface area (Å²) in [6.07, 6.45) is 0.644. The minimum absolute atomic E-state index is 0.128. The molecule has 0 unspecified atom stereocenters. The Bertz CT molecular complexity index is 355. The second kappa shape index (κ2) is 5.75. The summed E-state index contributed by atoms with van der Waals surface area (Å²) in [5, 5.41) is 12.1. The lowest BCUT2D eigenvalue weighted by Crippen LogP contribution is -2.39. The number of hydrogen-bond acceptors (Lipinski definition) is 2. The van der Waals surface area contributed by atoms with Crippen molar-refractivity contribution in [2.45, 2.75) is 32.4 Å². The van der Waals surface area contributed by atoms with Crippen LogP contribution in [0.3, 0.4) is 0 Å². The van der Waals surface area contributed by atoms with E-state index in [1.807, 2.05) is 19.9 Å². The predicted molar refractivity (Wildman–Crippen MR) is 66.7 cm³/mol. The third kappa shape index (κ3) is 4.20. The highest BCUT2D eigenvalue weighted by Crippen LogP contribution is 2.16. The van der Waals surface area contributed by atoms with E-state index < -0.39 is 0 Å². The lowest BCUT2D eigenvalue weighted by molar-refractivity contribution is 0.229. The topological polar surface area (TPSA) is 32.3 Å². The maximum absolute atomic E-state index is 13.5. The first-order valence-electron chi connectivity index (χ1n) is 5.24. The van der Waals surface area contributed by atoms with Gasteiger partial charge in [0.15, 0.2) is 0 Å². The van der Waals surface area contributed by atoms with Crippen LogP contribution in [0.15, 0.2) is 22.7 Å². The second-order valence-corrected chi connectivity index (χ2v) is 5.36. The lowest BCUT2D eigenvalue weighted by Gasteiger charge is -2.25. The van der Waals surface area contributed by atoms with Crippen molar-refractivity contribution in [3.05, 3.63) is 34.1 Å². The van der Waals surface area contributed by atoms with Gasteiger partial charge in [-0.05, 0) is 32.4 Å². The fourth-order valence-electron chi connectivity index (χ4n) is 1.37.